The molecular formula is C19H13BrO2. The van der Waals surface area contributed by atoms with Crippen molar-refractivity contribution in [2.24, 2.45) is 0 Å². The Morgan fingerprint density at radius 1 is 0.818 bits per heavy atom. The summed E-state index contributed by atoms with van der Waals surface area (Å²) < 4.78 is 6.78. The first kappa shape index (κ1) is 13.6. The van der Waals surface area contributed by atoms with Crippen LogP contribution in [0, 0.1) is 0 Å². The monoisotopic (exact) mass is 352 g/mol. The minimum atomic E-state index is -0.687. The number of rotatable bonds is 2. The molecule has 3 aromatic carbocycles. The summed E-state index contributed by atoms with van der Waals surface area (Å²) >= 11 is 3.49. The summed E-state index contributed by atoms with van der Waals surface area (Å²) in [7, 11) is 0. The van der Waals surface area contributed by atoms with Gasteiger partial charge in [-0.15, -0.1) is 0 Å². The Kier molecular flexibility index (Phi) is 3.25. The van der Waals surface area contributed by atoms with E-state index in [2.05, 4.69) is 15.9 Å². The highest BCUT2D eigenvalue weighted by molar-refractivity contribution is 9.10. The zero-order valence-corrected chi connectivity index (χ0v) is 13.2. The third kappa shape index (κ3) is 2.14. The van der Waals surface area contributed by atoms with E-state index in [9.17, 15) is 5.11 Å². The number of benzene rings is 3. The van der Waals surface area contributed by atoms with Crippen LogP contribution in [0.15, 0.2) is 75.6 Å². The van der Waals surface area contributed by atoms with Gasteiger partial charge in [-0.05, 0) is 29.3 Å². The third-order valence-electron chi connectivity index (χ3n) is 3.92. The fourth-order valence-electron chi connectivity index (χ4n) is 2.79. The Hall–Kier alpha value is -2.10. The average Bonchev–Trinajstić information content (AvgIpc) is 2.92. The average molecular weight is 353 g/mol. The number of para-hydroxylation sites is 1. The largest absolute Gasteiger partial charge is 0.456 e. The van der Waals surface area contributed by atoms with Gasteiger partial charge in [-0.2, -0.15) is 0 Å². The second kappa shape index (κ2) is 5.27. The molecule has 4 aromatic rings. The molecule has 0 bridgehead atoms. The van der Waals surface area contributed by atoms with Crippen LogP contribution in [0.3, 0.4) is 0 Å². The van der Waals surface area contributed by atoms with Crippen molar-refractivity contribution >= 4 is 37.9 Å². The predicted octanol–water partition coefficient (Wildman–Crippen LogP) is 5.43. The van der Waals surface area contributed by atoms with Gasteiger partial charge in [0, 0.05) is 15.2 Å². The summed E-state index contributed by atoms with van der Waals surface area (Å²) in [5.74, 6) is 0. The van der Waals surface area contributed by atoms with Gasteiger partial charge in [0.25, 0.3) is 0 Å². The van der Waals surface area contributed by atoms with Crippen molar-refractivity contribution in [1.29, 1.82) is 0 Å². The lowest BCUT2D eigenvalue weighted by Gasteiger charge is -2.13. The molecule has 1 aromatic heterocycles. The second-order valence-electron chi connectivity index (χ2n) is 5.28. The van der Waals surface area contributed by atoms with Crippen molar-refractivity contribution in [3.8, 4) is 0 Å². The minimum absolute atomic E-state index is 0.687. The Bertz CT molecular complexity index is 971. The van der Waals surface area contributed by atoms with Gasteiger partial charge in [0.05, 0.1) is 0 Å². The number of furan rings is 1. The number of fused-ring (bicyclic) bond motifs is 3. The van der Waals surface area contributed by atoms with Crippen LogP contribution in [-0.4, -0.2) is 5.11 Å². The van der Waals surface area contributed by atoms with Gasteiger partial charge >= 0.3 is 0 Å². The molecule has 2 nitrogen and oxygen atoms in total. The van der Waals surface area contributed by atoms with E-state index in [1.54, 1.807) is 0 Å². The van der Waals surface area contributed by atoms with Gasteiger partial charge in [0.1, 0.15) is 17.3 Å². The highest BCUT2D eigenvalue weighted by Gasteiger charge is 2.15. The van der Waals surface area contributed by atoms with E-state index in [0.717, 1.165) is 37.5 Å². The molecule has 0 amide bonds. The van der Waals surface area contributed by atoms with Crippen LogP contribution in [0.25, 0.3) is 21.9 Å². The van der Waals surface area contributed by atoms with Gasteiger partial charge in [-0.1, -0.05) is 64.5 Å². The lowest BCUT2D eigenvalue weighted by Crippen LogP contribution is -2.00. The van der Waals surface area contributed by atoms with Crippen molar-refractivity contribution < 1.29 is 9.52 Å². The van der Waals surface area contributed by atoms with Crippen molar-refractivity contribution in [1.82, 2.24) is 0 Å². The summed E-state index contributed by atoms with van der Waals surface area (Å²) in [5, 5.41) is 12.8. The maximum absolute atomic E-state index is 10.6. The molecule has 0 spiro atoms. The van der Waals surface area contributed by atoms with E-state index in [4.69, 9.17) is 4.42 Å². The Labute approximate surface area is 136 Å². The predicted molar refractivity (Wildman–Crippen MR) is 91.9 cm³/mol. The normalized spacial score (nSPS) is 12.8. The Morgan fingerprint density at radius 3 is 2.41 bits per heavy atom. The summed E-state index contributed by atoms with van der Waals surface area (Å²) in [6, 6.07) is 21.5. The van der Waals surface area contributed by atoms with Gasteiger partial charge in [-0.3, -0.25) is 0 Å². The maximum Gasteiger partial charge on any atom is 0.135 e. The first-order valence-corrected chi connectivity index (χ1v) is 7.87. The fraction of sp³-hybridized carbons (Fsp3) is 0.0526. The molecule has 4 rings (SSSR count). The molecule has 0 radical (unpaired) electrons. The van der Waals surface area contributed by atoms with Crippen LogP contribution in [0.5, 0.6) is 0 Å². The van der Waals surface area contributed by atoms with Crippen LogP contribution in [-0.2, 0) is 0 Å². The standard InChI is InChI=1S/C19H13BrO2/c20-16-7-3-1-6-15(16)19(21)12-9-10-14-13-5-2-4-8-17(13)22-18(14)11-12/h1-11,19,21H/t19-/m1/s1. The van der Waals surface area contributed by atoms with E-state index in [0.29, 0.717) is 0 Å². The SMILES string of the molecule is O[C@H](c1ccc2c(c1)oc1ccccc12)c1ccccc1Br. The number of hydrogen-bond donors (Lipinski definition) is 1. The molecular weight excluding hydrogens is 340 g/mol. The molecule has 1 heterocycles. The van der Waals surface area contributed by atoms with Crippen LogP contribution in [0.4, 0.5) is 0 Å². The highest BCUT2D eigenvalue weighted by atomic mass is 79.9. The van der Waals surface area contributed by atoms with Crippen LogP contribution in [0.1, 0.15) is 17.2 Å². The van der Waals surface area contributed by atoms with Crippen molar-refractivity contribution in [3.05, 3.63) is 82.3 Å². The van der Waals surface area contributed by atoms with Crippen molar-refractivity contribution in [2.45, 2.75) is 6.10 Å². The molecule has 0 aliphatic rings. The smallest absolute Gasteiger partial charge is 0.135 e. The molecule has 0 fully saturated rings. The molecule has 0 aliphatic heterocycles. The van der Waals surface area contributed by atoms with E-state index >= 15 is 0 Å². The molecule has 1 atom stereocenters. The first-order chi connectivity index (χ1) is 10.7. The number of hydrogen-bond acceptors (Lipinski definition) is 2. The molecule has 0 saturated heterocycles. The lowest BCUT2D eigenvalue weighted by molar-refractivity contribution is 0.219. The Morgan fingerprint density at radius 2 is 1.55 bits per heavy atom. The first-order valence-electron chi connectivity index (χ1n) is 7.08. The number of aliphatic hydroxyl groups is 1. The van der Waals surface area contributed by atoms with Gasteiger partial charge in [0.2, 0.25) is 0 Å². The quantitative estimate of drug-likeness (QED) is 0.521. The molecule has 22 heavy (non-hydrogen) atoms. The molecule has 3 heteroatoms. The number of halogens is 1. The van der Waals surface area contributed by atoms with E-state index < -0.39 is 6.10 Å². The van der Waals surface area contributed by atoms with Crippen molar-refractivity contribution in [2.75, 3.05) is 0 Å². The number of aliphatic hydroxyl groups excluding tert-OH is 1. The summed E-state index contributed by atoms with van der Waals surface area (Å²) in [5.41, 5.74) is 3.33. The molecule has 0 unspecified atom stereocenters. The summed E-state index contributed by atoms with van der Waals surface area (Å²) in [6.45, 7) is 0. The minimum Gasteiger partial charge on any atom is -0.456 e. The van der Waals surface area contributed by atoms with Crippen LogP contribution in [0.2, 0.25) is 0 Å². The van der Waals surface area contributed by atoms with Crippen LogP contribution >= 0.6 is 15.9 Å². The van der Waals surface area contributed by atoms with Gasteiger partial charge in [0.15, 0.2) is 0 Å². The van der Waals surface area contributed by atoms with E-state index in [-0.39, 0.29) is 0 Å². The molecule has 1 N–H and O–H groups in total. The molecule has 108 valence electrons. The van der Waals surface area contributed by atoms with E-state index in [1.807, 2.05) is 66.7 Å². The summed E-state index contributed by atoms with van der Waals surface area (Å²) in [4.78, 5) is 0. The van der Waals surface area contributed by atoms with Crippen LogP contribution < -0.4 is 0 Å². The second-order valence-corrected chi connectivity index (χ2v) is 6.13. The van der Waals surface area contributed by atoms with Crippen molar-refractivity contribution in [3.63, 3.8) is 0 Å². The maximum atomic E-state index is 10.6. The van der Waals surface area contributed by atoms with E-state index in [1.165, 1.54) is 0 Å². The third-order valence-corrected chi connectivity index (χ3v) is 4.64. The lowest BCUT2D eigenvalue weighted by atomic mass is 10.0. The summed E-state index contributed by atoms with van der Waals surface area (Å²) in [6.07, 6.45) is -0.687. The zero-order chi connectivity index (χ0) is 15.1. The van der Waals surface area contributed by atoms with Gasteiger partial charge < -0.3 is 9.52 Å². The molecule has 0 saturated carbocycles. The zero-order valence-electron chi connectivity index (χ0n) is 11.7. The fourth-order valence-corrected chi connectivity index (χ4v) is 3.29. The van der Waals surface area contributed by atoms with Gasteiger partial charge in [-0.25, -0.2) is 0 Å². The molecule has 0 aliphatic carbocycles. The topological polar surface area (TPSA) is 33.4 Å². The Balaban J connectivity index is 1.86. The highest BCUT2D eigenvalue weighted by Crippen LogP contribution is 2.33.